The summed E-state index contributed by atoms with van der Waals surface area (Å²) in [5.74, 6) is -1.94. The van der Waals surface area contributed by atoms with E-state index in [1.165, 1.54) is 4.57 Å². The summed E-state index contributed by atoms with van der Waals surface area (Å²) in [6, 6.07) is 15.5. The van der Waals surface area contributed by atoms with Crippen LogP contribution in [0.5, 0.6) is 0 Å². The van der Waals surface area contributed by atoms with Crippen LogP contribution in [0.15, 0.2) is 70.6 Å². The van der Waals surface area contributed by atoms with Crippen molar-refractivity contribution in [2.24, 2.45) is 0 Å². The molecule has 5 nitrogen and oxygen atoms in total. The second-order valence-electron chi connectivity index (χ2n) is 7.64. The average Bonchev–Trinajstić information content (AvgIpc) is 2.79. The summed E-state index contributed by atoms with van der Waals surface area (Å²) in [4.78, 5) is 30.9. The maximum atomic E-state index is 14.0. The van der Waals surface area contributed by atoms with Crippen molar-refractivity contribution in [3.63, 3.8) is 0 Å². The Morgan fingerprint density at radius 1 is 1.06 bits per heavy atom. The van der Waals surface area contributed by atoms with Gasteiger partial charge in [-0.25, -0.2) is 13.8 Å². The molecular weight excluding hydrogens is 444 g/mol. The molecule has 1 heterocycles. The van der Waals surface area contributed by atoms with E-state index < -0.39 is 22.8 Å². The number of aryl methyl sites for hydroxylation is 1. The highest BCUT2D eigenvalue weighted by Crippen LogP contribution is 2.28. The molecule has 1 atom stereocenters. The third-order valence-electron chi connectivity index (χ3n) is 5.40. The van der Waals surface area contributed by atoms with Crippen molar-refractivity contribution in [3.05, 3.63) is 93.8 Å². The molecule has 4 rings (SSSR count). The summed E-state index contributed by atoms with van der Waals surface area (Å²) in [7, 11) is 0. The summed E-state index contributed by atoms with van der Waals surface area (Å²) in [5, 5.41) is 2.45. The van der Waals surface area contributed by atoms with Crippen LogP contribution in [0.1, 0.15) is 18.1 Å². The Labute approximate surface area is 193 Å². The second-order valence-corrected chi connectivity index (χ2v) is 8.95. The number of aromatic nitrogens is 2. The van der Waals surface area contributed by atoms with Crippen molar-refractivity contribution in [2.45, 2.75) is 31.2 Å². The summed E-state index contributed by atoms with van der Waals surface area (Å²) in [5.41, 5.74) is 2.61. The van der Waals surface area contributed by atoms with E-state index in [0.29, 0.717) is 21.7 Å². The molecule has 0 radical (unpaired) electrons. The number of carbonyl (C=O) groups excluding carboxylic acids is 1. The molecule has 0 saturated carbocycles. The molecule has 1 N–H and O–H groups in total. The quantitative estimate of drug-likeness (QED) is 0.317. The molecule has 0 aliphatic heterocycles. The number of hydrogen-bond acceptors (Lipinski definition) is 4. The molecule has 4 aromatic rings. The van der Waals surface area contributed by atoms with Crippen LogP contribution in [0.2, 0.25) is 0 Å². The van der Waals surface area contributed by atoms with Crippen LogP contribution >= 0.6 is 11.8 Å². The zero-order valence-electron chi connectivity index (χ0n) is 18.2. The van der Waals surface area contributed by atoms with Gasteiger partial charge in [0.1, 0.15) is 11.6 Å². The standard InChI is InChI=1S/C25H21F2N3O2S/c1-14-7-6-10-22(15(14)2)30-24(32)18-8-4-5-9-20(18)29-25(30)33-16(3)23(31)28-21-13-17(26)11-12-19(21)27/h4-13,16H,1-3H3,(H,28,31). The van der Waals surface area contributed by atoms with Crippen molar-refractivity contribution in [1.82, 2.24) is 9.55 Å². The number of amides is 1. The summed E-state index contributed by atoms with van der Waals surface area (Å²) in [6.45, 7) is 5.49. The normalized spacial score (nSPS) is 12.0. The zero-order valence-corrected chi connectivity index (χ0v) is 19.0. The van der Waals surface area contributed by atoms with Crippen molar-refractivity contribution < 1.29 is 13.6 Å². The van der Waals surface area contributed by atoms with Crippen molar-refractivity contribution in [3.8, 4) is 5.69 Å². The highest BCUT2D eigenvalue weighted by molar-refractivity contribution is 8.00. The molecule has 0 bridgehead atoms. The number of rotatable bonds is 5. The van der Waals surface area contributed by atoms with Gasteiger partial charge in [-0.1, -0.05) is 36.0 Å². The highest BCUT2D eigenvalue weighted by Gasteiger charge is 2.22. The van der Waals surface area contributed by atoms with Gasteiger partial charge in [-0.15, -0.1) is 0 Å². The second kappa shape index (κ2) is 9.15. The average molecular weight is 466 g/mol. The summed E-state index contributed by atoms with van der Waals surface area (Å²) < 4.78 is 28.9. The van der Waals surface area contributed by atoms with Gasteiger partial charge in [0, 0.05) is 6.07 Å². The smallest absolute Gasteiger partial charge is 0.266 e. The van der Waals surface area contributed by atoms with Gasteiger partial charge >= 0.3 is 0 Å². The fraction of sp³-hybridized carbons (Fsp3) is 0.160. The number of para-hydroxylation sites is 1. The number of fused-ring (bicyclic) bond motifs is 1. The first-order valence-corrected chi connectivity index (χ1v) is 11.1. The molecule has 1 unspecified atom stereocenters. The largest absolute Gasteiger partial charge is 0.323 e. The number of nitrogens with one attached hydrogen (secondary N) is 1. The molecule has 0 saturated heterocycles. The Hall–Kier alpha value is -3.52. The van der Waals surface area contributed by atoms with E-state index in [4.69, 9.17) is 0 Å². The van der Waals surface area contributed by atoms with Gasteiger partial charge in [0.15, 0.2) is 5.16 Å². The molecule has 1 aromatic heterocycles. The minimum Gasteiger partial charge on any atom is -0.323 e. The minimum absolute atomic E-state index is 0.245. The zero-order chi connectivity index (χ0) is 23.7. The lowest BCUT2D eigenvalue weighted by atomic mass is 10.1. The molecule has 0 spiro atoms. The van der Waals surface area contributed by atoms with Gasteiger partial charge in [-0.2, -0.15) is 0 Å². The number of anilines is 1. The molecule has 1 amide bonds. The molecule has 168 valence electrons. The predicted molar refractivity (Wildman–Crippen MR) is 127 cm³/mol. The van der Waals surface area contributed by atoms with Crippen LogP contribution in [-0.4, -0.2) is 20.7 Å². The first kappa shape index (κ1) is 22.7. The lowest BCUT2D eigenvalue weighted by molar-refractivity contribution is -0.115. The first-order chi connectivity index (χ1) is 15.8. The fourth-order valence-corrected chi connectivity index (χ4v) is 4.34. The molecular formula is C25H21F2N3O2S. The third-order valence-corrected chi connectivity index (χ3v) is 6.45. The topological polar surface area (TPSA) is 64.0 Å². The number of nitrogens with zero attached hydrogens (tertiary/aromatic N) is 2. The number of benzene rings is 3. The lowest BCUT2D eigenvalue weighted by Crippen LogP contribution is -2.27. The van der Waals surface area contributed by atoms with Gasteiger partial charge in [0.05, 0.1) is 27.5 Å². The maximum absolute atomic E-state index is 14.0. The van der Waals surface area contributed by atoms with Gasteiger partial charge in [0.25, 0.3) is 5.56 Å². The van der Waals surface area contributed by atoms with E-state index in [9.17, 15) is 18.4 Å². The fourth-order valence-electron chi connectivity index (χ4n) is 3.42. The molecule has 33 heavy (non-hydrogen) atoms. The number of hydrogen-bond donors (Lipinski definition) is 1. The molecule has 8 heteroatoms. The predicted octanol–water partition coefficient (Wildman–Crippen LogP) is 5.40. The van der Waals surface area contributed by atoms with E-state index in [1.54, 1.807) is 31.2 Å². The van der Waals surface area contributed by atoms with E-state index in [1.807, 2.05) is 32.0 Å². The Morgan fingerprint density at radius 2 is 1.82 bits per heavy atom. The van der Waals surface area contributed by atoms with Crippen molar-refractivity contribution >= 4 is 34.3 Å². The van der Waals surface area contributed by atoms with E-state index in [-0.39, 0.29) is 11.2 Å². The number of thioether (sulfide) groups is 1. The third kappa shape index (κ3) is 4.52. The molecule has 3 aromatic carbocycles. The van der Waals surface area contributed by atoms with Gasteiger partial charge in [-0.05, 0) is 62.2 Å². The van der Waals surface area contributed by atoms with E-state index in [2.05, 4.69) is 10.3 Å². The summed E-state index contributed by atoms with van der Waals surface area (Å²) >= 11 is 1.07. The molecule has 0 fully saturated rings. The molecule has 0 aliphatic rings. The lowest BCUT2D eigenvalue weighted by Gasteiger charge is -2.18. The van der Waals surface area contributed by atoms with Crippen LogP contribution in [0.25, 0.3) is 16.6 Å². The first-order valence-electron chi connectivity index (χ1n) is 10.3. The SMILES string of the molecule is Cc1cccc(-n2c(SC(C)C(=O)Nc3cc(F)ccc3F)nc3ccccc3c2=O)c1C. The Morgan fingerprint density at radius 3 is 2.61 bits per heavy atom. The Kier molecular flexibility index (Phi) is 6.29. The Bertz CT molecular complexity index is 1440. The number of halogens is 2. The van der Waals surface area contributed by atoms with Crippen LogP contribution in [0.3, 0.4) is 0 Å². The highest BCUT2D eigenvalue weighted by atomic mass is 32.2. The van der Waals surface area contributed by atoms with Gasteiger partial charge in [-0.3, -0.25) is 14.2 Å². The van der Waals surface area contributed by atoms with Gasteiger partial charge in [0.2, 0.25) is 5.91 Å². The van der Waals surface area contributed by atoms with Crippen LogP contribution in [0.4, 0.5) is 14.5 Å². The monoisotopic (exact) mass is 465 g/mol. The summed E-state index contributed by atoms with van der Waals surface area (Å²) in [6.07, 6.45) is 0. The molecule has 0 aliphatic carbocycles. The van der Waals surface area contributed by atoms with E-state index >= 15 is 0 Å². The van der Waals surface area contributed by atoms with Gasteiger partial charge < -0.3 is 5.32 Å². The van der Waals surface area contributed by atoms with Crippen LogP contribution in [-0.2, 0) is 4.79 Å². The van der Waals surface area contributed by atoms with Crippen LogP contribution < -0.4 is 10.9 Å². The van der Waals surface area contributed by atoms with Crippen LogP contribution in [0, 0.1) is 25.5 Å². The Balaban J connectivity index is 1.76. The van der Waals surface area contributed by atoms with Crippen molar-refractivity contribution in [1.29, 1.82) is 0 Å². The minimum atomic E-state index is -0.753. The van der Waals surface area contributed by atoms with E-state index in [0.717, 1.165) is 41.1 Å². The number of carbonyl (C=O) groups is 1. The van der Waals surface area contributed by atoms with Crippen molar-refractivity contribution in [2.75, 3.05) is 5.32 Å². The maximum Gasteiger partial charge on any atom is 0.266 e.